The van der Waals surface area contributed by atoms with Crippen molar-refractivity contribution in [2.24, 2.45) is 0 Å². The van der Waals surface area contributed by atoms with E-state index in [-0.39, 0.29) is 22.9 Å². The van der Waals surface area contributed by atoms with Crippen LogP contribution in [-0.4, -0.2) is 12.5 Å². The average molecular weight is 335 g/mol. The number of furan rings is 1. The normalized spacial score (nSPS) is 14.9. The third-order valence-corrected chi connectivity index (χ3v) is 4.79. The first kappa shape index (κ1) is 15.6. The molecule has 126 valence electrons. The molecular weight excluding hydrogens is 317 g/mol. The summed E-state index contributed by atoms with van der Waals surface area (Å²) in [6.07, 6.45) is 2.16. The van der Waals surface area contributed by atoms with Gasteiger partial charge in [0.15, 0.2) is 5.76 Å². The lowest BCUT2D eigenvalue weighted by atomic mass is 9.96. The molecule has 1 aliphatic carbocycles. The molecule has 4 rings (SSSR count). The zero-order chi connectivity index (χ0) is 17.3. The summed E-state index contributed by atoms with van der Waals surface area (Å²) in [6, 6.07) is 19.6. The second-order valence-electron chi connectivity index (χ2n) is 6.50. The van der Waals surface area contributed by atoms with E-state index in [9.17, 15) is 9.18 Å². The van der Waals surface area contributed by atoms with Crippen molar-refractivity contribution in [1.29, 1.82) is 0 Å². The van der Waals surface area contributed by atoms with Gasteiger partial charge in [0.2, 0.25) is 0 Å². The summed E-state index contributed by atoms with van der Waals surface area (Å²) in [5.41, 5.74) is 2.06. The zero-order valence-corrected chi connectivity index (χ0v) is 13.7. The van der Waals surface area contributed by atoms with Gasteiger partial charge in [-0.3, -0.25) is 4.79 Å². The van der Waals surface area contributed by atoms with Crippen molar-refractivity contribution >= 4 is 5.91 Å². The SMILES string of the molecule is O=C(NCC1(c2ccccc2)CC1)c1ccc(-c2ccc(F)cc2)o1. The molecule has 0 aliphatic heterocycles. The second-order valence-corrected chi connectivity index (χ2v) is 6.50. The highest BCUT2D eigenvalue weighted by Crippen LogP contribution is 2.47. The molecule has 0 saturated heterocycles. The van der Waals surface area contributed by atoms with Crippen LogP contribution < -0.4 is 5.32 Å². The minimum absolute atomic E-state index is 0.0588. The maximum absolute atomic E-state index is 13.0. The molecule has 1 aromatic heterocycles. The van der Waals surface area contributed by atoms with Gasteiger partial charge >= 0.3 is 0 Å². The molecule has 1 amide bonds. The number of halogens is 1. The molecule has 0 unspecified atom stereocenters. The number of hydrogen-bond donors (Lipinski definition) is 1. The maximum atomic E-state index is 13.0. The Labute approximate surface area is 145 Å². The van der Waals surface area contributed by atoms with E-state index in [0.717, 1.165) is 18.4 Å². The van der Waals surface area contributed by atoms with Gasteiger partial charge in [0.25, 0.3) is 5.91 Å². The van der Waals surface area contributed by atoms with Crippen molar-refractivity contribution in [2.75, 3.05) is 6.54 Å². The molecule has 2 aromatic carbocycles. The summed E-state index contributed by atoms with van der Waals surface area (Å²) in [4.78, 5) is 12.4. The Bertz CT molecular complexity index is 880. The van der Waals surface area contributed by atoms with Crippen LogP contribution in [0.5, 0.6) is 0 Å². The van der Waals surface area contributed by atoms with E-state index in [1.54, 1.807) is 24.3 Å². The van der Waals surface area contributed by atoms with E-state index < -0.39 is 0 Å². The summed E-state index contributed by atoms with van der Waals surface area (Å²) in [5, 5.41) is 2.98. The van der Waals surface area contributed by atoms with Gasteiger partial charge in [-0.1, -0.05) is 30.3 Å². The standard InChI is InChI=1S/C21H18FNO2/c22-17-8-6-15(7-9-17)18-10-11-19(25-18)20(24)23-14-21(12-13-21)16-4-2-1-3-5-16/h1-11H,12-14H2,(H,23,24). The predicted octanol–water partition coefficient (Wildman–Crippen LogP) is 4.55. The number of rotatable bonds is 5. The van der Waals surface area contributed by atoms with Crippen LogP contribution in [0.1, 0.15) is 29.0 Å². The van der Waals surface area contributed by atoms with Crippen molar-refractivity contribution in [2.45, 2.75) is 18.3 Å². The first-order valence-corrected chi connectivity index (χ1v) is 8.36. The first-order chi connectivity index (χ1) is 12.2. The Hall–Kier alpha value is -2.88. The van der Waals surface area contributed by atoms with Gasteiger partial charge in [0.05, 0.1) is 0 Å². The van der Waals surface area contributed by atoms with Crippen molar-refractivity contribution in [3.05, 3.63) is 83.9 Å². The average Bonchev–Trinajstić information content (AvgIpc) is 3.29. The molecule has 0 radical (unpaired) electrons. The lowest BCUT2D eigenvalue weighted by Gasteiger charge is -2.16. The van der Waals surface area contributed by atoms with E-state index in [2.05, 4.69) is 17.4 Å². The molecule has 1 fully saturated rings. The van der Waals surface area contributed by atoms with E-state index in [1.807, 2.05) is 18.2 Å². The van der Waals surface area contributed by atoms with E-state index in [4.69, 9.17) is 4.42 Å². The van der Waals surface area contributed by atoms with Gasteiger partial charge in [-0.15, -0.1) is 0 Å². The van der Waals surface area contributed by atoms with Crippen LogP contribution in [-0.2, 0) is 5.41 Å². The molecule has 0 bridgehead atoms. The number of hydrogen-bond acceptors (Lipinski definition) is 2. The van der Waals surface area contributed by atoms with Crippen molar-refractivity contribution in [3.63, 3.8) is 0 Å². The largest absolute Gasteiger partial charge is 0.451 e. The molecule has 1 N–H and O–H groups in total. The van der Waals surface area contributed by atoms with Gasteiger partial charge < -0.3 is 9.73 Å². The summed E-state index contributed by atoms with van der Waals surface area (Å²) >= 11 is 0. The van der Waals surface area contributed by atoms with Crippen LogP contribution in [0.2, 0.25) is 0 Å². The monoisotopic (exact) mass is 335 g/mol. The minimum atomic E-state index is -0.302. The third kappa shape index (κ3) is 3.20. The zero-order valence-electron chi connectivity index (χ0n) is 13.7. The molecule has 3 nitrogen and oxygen atoms in total. The number of benzene rings is 2. The minimum Gasteiger partial charge on any atom is -0.451 e. The highest BCUT2D eigenvalue weighted by atomic mass is 19.1. The van der Waals surface area contributed by atoms with Crippen molar-refractivity contribution in [1.82, 2.24) is 5.32 Å². The highest BCUT2D eigenvalue weighted by Gasteiger charge is 2.44. The highest BCUT2D eigenvalue weighted by molar-refractivity contribution is 5.92. The maximum Gasteiger partial charge on any atom is 0.287 e. The summed E-state index contributed by atoms with van der Waals surface area (Å²) in [5.74, 6) is 0.289. The molecular formula is C21H18FNO2. The quantitative estimate of drug-likeness (QED) is 0.743. The Morgan fingerprint density at radius 2 is 1.72 bits per heavy atom. The summed E-state index contributed by atoms with van der Waals surface area (Å²) in [6.45, 7) is 0.600. The number of amides is 1. The van der Waals surface area contributed by atoms with E-state index >= 15 is 0 Å². The van der Waals surface area contributed by atoms with Crippen LogP contribution in [0, 0.1) is 5.82 Å². The Morgan fingerprint density at radius 1 is 1.00 bits per heavy atom. The van der Waals surface area contributed by atoms with Crippen LogP contribution in [0.4, 0.5) is 4.39 Å². The van der Waals surface area contributed by atoms with Gasteiger partial charge in [-0.25, -0.2) is 4.39 Å². The molecule has 1 saturated carbocycles. The van der Waals surface area contributed by atoms with Gasteiger partial charge in [-0.05, 0) is 54.8 Å². The van der Waals surface area contributed by atoms with Crippen LogP contribution in [0.25, 0.3) is 11.3 Å². The number of carbonyl (C=O) groups is 1. The van der Waals surface area contributed by atoms with Crippen LogP contribution in [0.15, 0.2) is 71.1 Å². The van der Waals surface area contributed by atoms with Gasteiger partial charge in [0.1, 0.15) is 11.6 Å². The van der Waals surface area contributed by atoms with E-state index in [0.29, 0.717) is 12.3 Å². The fourth-order valence-corrected chi connectivity index (χ4v) is 3.08. The Morgan fingerprint density at radius 3 is 2.40 bits per heavy atom. The molecule has 0 spiro atoms. The lowest BCUT2D eigenvalue weighted by Crippen LogP contribution is -2.32. The second kappa shape index (κ2) is 6.20. The molecule has 25 heavy (non-hydrogen) atoms. The van der Waals surface area contributed by atoms with Crippen LogP contribution >= 0.6 is 0 Å². The van der Waals surface area contributed by atoms with Gasteiger partial charge in [0, 0.05) is 17.5 Å². The number of carbonyl (C=O) groups excluding carboxylic acids is 1. The first-order valence-electron chi connectivity index (χ1n) is 8.36. The smallest absolute Gasteiger partial charge is 0.287 e. The van der Waals surface area contributed by atoms with Crippen molar-refractivity contribution in [3.8, 4) is 11.3 Å². The lowest BCUT2D eigenvalue weighted by molar-refractivity contribution is 0.0923. The van der Waals surface area contributed by atoms with Gasteiger partial charge in [-0.2, -0.15) is 0 Å². The molecule has 3 aromatic rings. The topological polar surface area (TPSA) is 42.2 Å². The molecule has 1 heterocycles. The molecule has 1 aliphatic rings. The fourth-order valence-electron chi connectivity index (χ4n) is 3.08. The Kier molecular flexibility index (Phi) is 3.88. The third-order valence-electron chi connectivity index (χ3n) is 4.79. The molecule has 4 heteroatoms. The predicted molar refractivity (Wildman–Crippen MR) is 93.8 cm³/mol. The van der Waals surface area contributed by atoms with Crippen molar-refractivity contribution < 1.29 is 13.6 Å². The fraction of sp³-hybridized carbons (Fsp3) is 0.190. The van der Waals surface area contributed by atoms with E-state index in [1.165, 1.54) is 17.7 Å². The summed E-state index contributed by atoms with van der Waals surface area (Å²) < 4.78 is 18.6. The van der Waals surface area contributed by atoms with Crippen LogP contribution in [0.3, 0.4) is 0 Å². The molecule has 0 atom stereocenters. The summed E-state index contributed by atoms with van der Waals surface area (Å²) in [7, 11) is 0. The Balaban J connectivity index is 1.43. The number of nitrogens with one attached hydrogen (secondary N) is 1.